The van der Waals surface area contributed by atoms with E-state index in [1.807, 2.05) is 0 Å². The van der Waals surface area contributed by atoms with Gasteiger partial charge in [0.1, 0.15) is 0 Å². The highest BCUT2D eigenvalue weighted by molar-refractivity contribution is 5.25. The SMILES string of the molecule is CCc1ccc(C(NC2CCNCC2C)C(C)C)cc1. The van der Waals surface area contributed by atoms with Crippen molar-refractivity contribution in [2.24, 2.45) is 11.8 Å². The minimum Gasteiger partial charge on any atom is -0.316 e. The Morgan fingerprint density at radius 1 is 1.25 bits per heavy atom. The Morgan fingerprint density at radius 2 is 1.95 bits per heavy atom. The molecule has 3 unspecified atom stereocenters. The van der Waals surface area contributed by atoms with Gasteiger partial charge in [-0.05, 0) is 48.9 Å². The van der Waals surface area contributed by atoms with Crippen LogP contribution in [0.5, 0.6) is 0 Å². The van der Waals surface area contributed by atoms with E-state index >= 15 is 0 Å². The normalized spacial score (nSPS) is 24.9. The van der Waals surface area contributed by atoms with Crippen molar-refractivity contribution < 1.29 is 0 Å². The second-order valence-electron chi connectivity index (χ2n) is 6.56. The molecule has 2 heteroatoms. The Kier molecular flexibility index (Phi) is 5.62. The van der Waals surface area contributed by atoms with Crippen LogP contribution in [0, 0.1) is 11.8 Å². The quantitative estimate of drug-likeness (QED) is 0.858. The molecule has 0 aromatic heterocycles. The first-order chi connectivity index (χ1) is 9.61. The van der Waals surface area contributed by atoms with E-state index in [1.54, 1.807) is 0 Å². The molecule has 1 aromatic carbocycles. The first-order valence-corrected chi connectivity index (χ1v) is 8.17. The highest BCUT2D eigenvalue weighted by Gasteiger charge is 2.25. The summed E-state index contributed by atoms with van der Waals surface area (Å²) in [6, 6.07) is 10.3. The van der Waals surface area contributed by atoms with Crippen LogP contribution in [0.4, 0.5) is 0 Å². The molecule has 1 aromatic rings. The zero-order valence-corrected chi connectivity index (χ0v) is 13.4. The van der Waals surface area contributed by atoms with Crippen molar-refractivity contribution in [2.75, 3.05) is 13.1 Å². The van der Waals surface area contributed by atoms with Gasteiger partial charge in [-0.15, -0.1) is 0 Å². The van der Waals surface area contributed by atoms with E-state index in [1.165, 1.54) is 17.5 Å². The minimum atomic E-state index is 0.464. The third kappa shape index (κ3) is 3.83. The van der Waals surface area contributed by atoms with Gasteiger partial charge in [0.05, 0.1) is 0 Å². The average Bonchev–Trinajstić information content (AvgIpc) is 2.46. The van der Waals surface area contributed by atoms with E-state index in [4.69, 9.17) is 0 Å². The van der Waals surface area contributed by atoms with Gasteiger partial charge >= 0.3 is 0 Å². The molecule has 3 atom stereocenters. The lowest BCUT2D eigenvalue weighted by Crippen LogP contribution is -2.48. The molecule has 1 heterocycles. The fourth-order valence-electron chi connectivity index (χ4n) is 3.13. The molecular weight excluding hydrogens is 244 g/mol. The predicted octanol–water partition coefficient (Wildman–Crippen LogP) is 3.53. The maximum absolute atomic E-state index is 3.92. The topological polar surface area (TPSA) is 24.1 Å². The van der Waals surface area contributed by atoms with Crippen molar-refractivity contribution in [3.8, 4) is 0 Å². The monoisotopic (exact) mass is 274 g/mol. The highest BCUT2D eigenvalue weighted by Crippen LogP contribution is 2.25. The van der Waals surface area contributed by atoms with E-state index in [0.717, 1.165) is 19.5 Å². The van der Waals surface area contributed by atoms with Gasteiger partial charge in [-0.2, -0.15) is 0 Å². The van der Waals surface area contributed by atoms with Crippen LogP contribution in [-0.2, 0) is 6.42 Å². The highest BCUT2D eigenvalue weighted by atomic mass is 15.0. The summed E-state index contributed by atoms with van der Waals surface area (Å²) in [6.45, 7) is 11.5. The van der Waals surface area contributed by atoms with Gasteiger partial charge in [0.2, 0.25) is 0 Å². The Balaban J connectivity index is 2.09. The summed E-state index contributed by atoms with van der Waals surface area (Å²) in [5.41, 5.74) is 2.86. The Bertz CT molecular complexity index is 396. The van der Waals surface area contributed by atoms with E-state index in [0.29, 0.717) is 23.9 Å². The number of rotatable bonds is 5. The standard InChI is InChI=1S/C18H30N2/c1-5-15-6-8-16(9-7-15)18(13(2)3)20-17-10-11-19-12-14(17)4/h6-9,13-14,17-20H,5,10-12H2,1-4H3. The molecule has 1 fully saturated rings. The van der Waals surface area contributed by atoms with Crippen molar-refractivity contribution in [3.05, 3.63) is 35.4 Å². The molecule has 2 nitrogen and oxygen atoms in total. The summed E-state index contributed by atoms with van der Waals surface area (Å²) in [5.74, 6) is 1.32. The van der Waals surface area contributed by atoms with Crippen LogP contribution in [0.2, 0.25) is 0 Å². The van der Waals surface area contributed by atoms with Crippen LogP contribution in [0.25, 0.3) is 0 Å². The summed E-state index contributed by atoms with van der Waals surface area (Å²) in [4.78, 5) is 0. The number of benzene rings is 1. The van der Waals surface area contributed by atoms with E-state index in [-0.39, 0.29) is 0 Å². The van der Waals surface area contributed by atoms with Crippen molar-refractivity contribution >= 4 is 0 Å². The molecule has 20 heavy (non-hydrogen) atoms. The van der Waals surface area contributed by atoms with Crippen LogP contribution in [0.15, 0.2) is 24.3 Å². The summed E-state index contributed by atoms with van der Waals surface area (Å²) >= 11 is 0. The predicted molar refractivity (Wildman–Crippen MR) is 87.0 cm³/mol. The lowest BCUT2D eigenvalue weighted by atomic mass is 9.89. The number of aryl methyl sites for hydroxylation is 1. The van der Waals surface area contributed by atoms with Crippen LogP contribution >= 0.6 is 0 Å². The lowest BCUT2D eigenvalue weighted by molar-refractivity contribution is 0.250. The first kappa shape index (κ1) is 15.5. The summed E-state index contributed by atoms with van der Waals surface area (Å²) in [5, 5.41) is 7.40. The number of hydrogen-bond donors (Lipinski definition) is 2. The molecule has 2 rings (SSSR count). The third-order valence-electron chi connectivity index (χ3n) is 4.59. The molecule has 1 aliphatic rings. The first-order valence-electron chi connectivity index (χ1n) is 8.17. The summed E-state index contributed by atoms with van der Waals surface area (Å²) in [7, 11) is 0. The largest absolute Gasteiger partial charge is 0.316 e. The molecule has 0 saturated carbocycles. The fourth-order valence-corrected chi connectivity index (χ4v) is 3.13. The zero-order chi connectivity index (χ0) is 14.5. The van der Waals surface area contributed by atoms with E-state index in [9.17, 15) is 0 Å². The maximum Gasteiger partial charge on any atom is 0.0345 e. The van der Waals surface area contributed by atoms with Gasteiger partial charge in [-0.25, -0.2) is 0 Å². The fraction of sp³-hybridized carbons (Fsp3) is 0.667. The molecule has 2 N–H and O–H groups in total. The van der Waals surface area contributed by atoms with Crippen molar-refractivity contribution in [1.82, 2.24) is 10.6 Å². The van der Waals surface area contributed by atoms with Crippen LogP contribution in [0.1, 0.15) is 51.3 Å². The molecule has 0 aliphatic carbocycles. The van der Waals surface area contributed by atoms with E-state index < -0.39 is 0 Å². The molecule has 0 amide bonds. The number of hydrogen-bond acceptors (Lipinski definition) is 2. The maximum atomic E-state index is 3.92. The van der Waals surface area contributed by atoms with Crippen molar-refractivity contribution in [1.29, 1.82) is 0 Å². The third-order valence-corrected chi connectivity index (χ3v) is 4.59. The van der Waals surface area contributed by atoms with Crippen molar-refractivity contribution in [2.45, 2.75) is 52.6 Å². The Morgan fingerprint density at radius 3 is 2.50 bits per heavy atom. The Labute approximate surface area is 124 Å². The van der Waals surface area contributed by atoms with E-state index in [2.05, 4.69) is 62.6 Å². The second-order valence-corrected chi connectivity index (χ2v) is 6.56. The van der Waals surface area contributed by atoms with Gasteiger partial charge in [-0.3, -0.25) is 0 Å². The lowest BCUT2D eigenvalue weighted by Gasteiger charge is -2.35. The smallest absolute Gasteiger partial charge is 0.0345 e. The van der Waals surface area contributed by atoms with Crippen LogP contribution in [0.3, 0.4) is 0 Å². The Hall–Kier alpha value is -0.860. The molecule has 0 bridgehead atoms. The van der Waals surface area contributed by atoms with Gasteiger partial charge < -0.3 is 10.6 Å². The molecular formula is C18H30N2. The second kappa shape index (κ2) is 7.24. The number of nitrogens with one attached hydrogen (secondary N) is 2. The van der Waals surface area contributed by atoms with Gasteiger partial charge in [0.15, 0.2) is 0 Å². The van der Waals surface area contributed by atoms with Gasteiger partial charge in [-0.1, -0.05) is 52.0 Å². The molecule has 112 valence electrons. The summed E-state index contributed by atoms with van der Waals surface area (Å²) in [6.07, 6.45) is 2.35. The van der Waals surface area contributed by atoms with Crippen LogP contribution in [-0.4, -0.2) is 19.1 Å². The minimum absolute atomic E-state index is 0.464. The van der Waals surface area contributed by atoms with Gasteiger partial charge in [0, 0.05) is 12.1 Å². The molecule has 0 radical (unpaired) electrons. The molecule has 1 aliphatic heterocycles. The summed E-state index contributed by atoms with van der Waals surface area (Å²) < 4.78 is 0. The number of piperidine rings is 1. The van der Waals surface area contributed by atoms with Gasteiger partial charge in [0.25, 0.3) is 0 Å². The molecule has 1 saturated heterocycles. The van der Waals surface area contributed by atoms with Crippen LogP contribution < -0.4 is 10.6 Å². The van der Waals surface area contributed by atoms with Crippen molar-refractivity contribution in [3.63, 3.8) is 0 Å². The average molecular weight is 274 g/mol. The zero-order valence-electron chi connectivity index (χ0n) is 13.4. The molecule has 0 spiro atoms.